The number of rotatable bonds is 1. The molecule has 0 bridgehead atoms. The van der Waals surface area contributed by atoms with Crippen LogP contribution >= 0.6 is 11.8 Å². The van der Waals surface area contributed by atoms with E-state index in [1.165, 1.54) is 0 Å². The van der Waals surface area contributed by atoms with Gasteiger partial charge in [-0.25, -0.2) is 4.79 Å². The van der Waals surface area contributed by atoms with Crippen molar-refractivity contribution in [3.8, 4) is 0 Å². The van der Waals surface area contributed by atoms with Gasteiger partial charge in [0.15, 0.2) is 0 Å². The summed E-state index contributed by atoms with van der Waals surface area (Å²) in [5, 5.41) is 11.8. The van der Waals surface area contributed by atoms with Crippen LogP contribution in [0.3, 0.4) is 0 Å². The summed E-state index contributed by atoms with van der Waals surface area (Å²) in [6.07, 6.45) is 0.462. The van der Waals surface area contributed by atoms with Crippen LogP contribution in [0.1, 0.15) is 16.8 Å². The monoisotopic (exact) mass is 278 g/mol. The van der Waals surface area contributed by atoms with E-state index in [2.05, 4.69) is 10.2 Å². The predicted molar refractivity (Wildman–Crippen MR) is 75.1 cm³/mol. The molecule has 1 saturated heterocycles. The Morgan fingerprint density at radius 1 is 1.47 bits per heavy atom. The number of thioether (sulfide) groups is 1. The lowest BCUT2D eigenvalue weighted by molar-refractivity contribution is -0.116. The van der Waals surface area contributed by atoms with Crippen molar-refractivity contribution in [2.75, 3.05) is 28.3 Å². The Morgan fingerprint density at radius 3 is 3.11 bits per heavy atom. The van der Waals surface area contributed by atoms with Gasteiger partial charge in [0, 0.05) is 30.5 Å². The number of hydrogen-bond donors (Lipinski definition) is 2. The average molecular weight is 278 g/mol. The van der Waals surface area contributed by atoms with E-state index in [-0.39, 0.29) is 17.5 Å². The minimum Gasteiger partial charge on any atom is -0.478 e. The Bertz CT molecular complexity index is 547. The van der Waals surface area contributed by atoms with Gasteiger partial charge in [-0.1, -0.05) is 0 Å². The molecule has 2 N–H and O–H groups in total. The van der Waals surface area contributed by atoms with E-state index in [9.17, 15) is 9.59 Å². The van der Waals surface area contributed by atoms with Crippen LogP contribution in [0.15, 0.2) is 18.2 Å². The van der Waals surface area contributed by atoms with Crippen LogP contribution in [0.5, 0.6) is 0 Å². The average Bonchev–Trinajstić information content (AvgIpc) is 2.53. The maximum Gasteiger partial charge on any atom is 0.335 e. The van der Waals surface area contributed by atoms with Crippen molar-refractivity contribution in [2.45, 2.75) is 12.5 Å². The quantitative estimate of drug-likeness (QED) is 0.817. The van der Waals surface area contributed by atoms with Gasteiger partial charge >= 0.3 is 5.97 Å². The highest BCUT2D eigenvalue weighted by Crippen LogP contribution is 2.35. The topological polar surface area (TPSA) is 69.6 Å². The van der Waals surface area contributed by atoms with Crippen molar-refractivity contribution in [1.29, 1.82) is 0 Å². The Hall–Kier alpha value is -1.69. The van der Waals surface area contributed by atoms with Crippen molar-refractivity contribution >= 4 is 35.0 Å². The SMILES string of the molecule is O=C1CC2CSCCN2c2ccc(C(=O)O)cc2N1. The summed E-state index contributed by atoms with van der Waals surface area (Å²) in [6.45, 7) is 0.893. The number of anilines is 2. The van der Waals surface area contributed by atoms with Gasteiger partial charge in [0.05, 0.1) is 16.9 Å². The van der Waals surface area contributed by atoms with Crippen LogP contribution in [0.25, 0.3) is 0 Å². The van der Waals surface area contributed by atoms with Crippen LogP contribution in [0.2, 0.25) is 0 Å². The molecular formula is C13H14N2O3S. The number of carboxylic acids is 1. The molecule has 1 aromatic rings. The summed E-state index contributed by atoms with van der Waals surface area (Å²) in [5.74, 6) is 0.948. The molecule has 0 radical (unpaired) electrons. The van der Waals surface area contributed by atoms with Gasteiger partial charge < -0.3 is 15.3 Å². The zero-order valence-corrected chi connectivity index (χ0v) is 11.1. The highest BCUT2D eigenvalue weighted by molar-refractivity contribution is 7.99. The molecule has 2 heterocycles. The minimum atomic E-state index is -0.980. The first kappa shape index (κ1) is 12.3. The summed E-state index contributed by atoms with van der Waals surface area (Å²) in [5.41, 5.74) is 1.74. The molecule has 0 aromatic heterocycles. The van der Waals surface area contributed by atoms with Gasteiger partial charge in [0.2, 0.25) is 5.91 Å². The number of nitrogens with one attached hydrogen (secondary N) is 1. The van der Waals surface area contributed by atoms with Gasteiger partial charge in [-0.15, -0.1) is 0 Å². The predicted octanol–water partition coefficient (Wildman–Crippen LogP) is 1.65. The molecule has 0 saturated carbocycles. The molecule has 1 unspecified atom stereocenters. The first-order valence-electron chi connectivity index (χ1n) is 6.17. The number of hydrogen-bond acceptors (Lipinski definition) is 4. The highest BCUT2D eigenvalue weighted by atomic mass is 32.2. The standard InChI is InChI=1S/C13H14N2O3S/c16-12-6-9-7-19-4-3-15(9)11-2-1-8(13(17)18)5-10(11)14-12/h1-2,5,9H,3-4,6-7H2,(H,14,16)(H,17,18). The molecule has 1 aromatic carbocycles. The van der Waals surface area contributed by atoms with Crippen LogP contribution in [0.4, 0.5) is 11.4 Å². The van der Waals surface area contributed by atoms with Crippen LogP contribution < -0.4 is 10.2 Å². The summed E-state index contributed by atoms with van der Waals surface area (Å²) in [7, 11) is 0. The van der Waals surface area contributed by atoms with E-state index in [0.717, 1.165) is 23.7 Å². The number of amides is 1. The lowest BCUT2D eigenvalue weighted by Crippen LogP contribution is -2.42. The number of carboxylic acid groups (broad SMARTS) is 1. The molecule has 1 fully saturated rings. The molecule has 3 rings (SSSR count). The van der Waals surface area contributed by atoms with E-state index >= 15 is 0 Å². The molecule has 1 atom stereocenters. The van der Waals surface area contributed by atoms with Gasteiger partial charge in [0.25, 0.3) is 0 Å². The van der Waals surface area contributed by atoms with Crippen LogP contribution in [0, 0.1) is 0 Å². The molecule has 5 nitrogen and oxygen atoms in total. The third-order valence-corrected chi connectivity index (χ3v) is 4.57. The van der Waals surface area contributed by atoms with Crippen LogP contribution in [-0.2, 0) is 4.79 Å². The first-order chi connectivity index (χ1) is 9.15. The Balaban J connectivity index is 2.05. The van der Waals surface area contributed by atoms with Gasteiger partial charge in [-0.05, 0) is 18.2 Å². The Morgan fingerprint density at radius 2 is 2.32 bits per heavy atom. The first-order valence-corrected chi connectivity index (χ1v) is 7.32. The second-order valence-electron chi connectivity index (χ2n) is 4.71. The van der Waals surface area contributed by atoms with E-state index in [0.29, 0.717) is 12.1 Å². The summed E-state index contributed by atoms with van der Waals surface area (Å²) < 4.78 is 0. The second kappa shape index (κ2) is 4.77. The maximum atomic E-state index is 11.9. The van der Waals surface area contributed by atoms with Crippen molar-refractivity contribution in [3.05, 3.63) is 23.8 Å². The normalized spacial score (nSPS) is 22.0. The zero-order valence-electron chi connectivity index (χ0n) is 10.3. The van der Waals surface area contributed by atoms with Gasteiger partial charge in [-0.3, -0.25) is 4.79 Å². The van der Waals surface area contributed by atoms with E-state index < -0.39 is 5.97 Å². The molecule has 0 aliphatic carbocycles. The smallest absolute Gasteiger partial charge is 0.335 e. The molecule has 19 heavy (non-hydrogen) atoms. The van der Waals surface area contributed by atoms with E-state index in [1.807, 2.05) is 11.8 Å². The fourth-order valence-electron chi connectivity index (χ4n) is 2.58. The number of aromatic carboxylic acids is 1. The van der Waals surface area contributed by atoms with E-state index in [4.69, 9.17) is 5.11 Å². The fourth-order valence-corrected chi connectivity index (χ4v) is 3.64. The third kappa shape index (κ3) is 2.28. The van der Waals surface area contributed by atoms with E-state index in [1.54, 1.807) is 18.2 Å². The molecule has 0 spiro atoms. The van der Waals surface area contributed by atoms with Crippen molar-refractivity contribution < 1.29 is 14.7 Å². The van der Waals surface area contributed by atoms with Crippen LogP contribution in [-0.4, -0.2) is 41.1 Å². The second-order valence-corrected chi connectivity index (χ2v) is 5.86. The number of carbonyl (C=O) groups is 2. The summed E-state index contributed by atoms with van der Waals surface area (Å²) >= 11 is 1.86. The number of benzene rings is 1. The summed E-state index contributed by atoms with van der Waals surface area (Å²) in [4.78, 5) is 25.1. The molecule has 6 heteroatoms. The van der Waals surface area contributed by atoms with Crippen molar-refractivity contribution in [2.24, 2.45) is 0 Å². The van der Waals surface area contributed by atoms with Gasteiger partial charge in [0.1, 0.15) is 0 Å². The maximum absolute atomic E-state index is 11.9. The molecule has 2 aliphatic heterocycles. The van der Waals surface area contributed by atoms with Crippen molar-refractivity contribution in [3.63, 3.8) is 0 Å². The third-order valence-electron chi connectivity index (χ3n) is 3.48. The fraction of sp³-hybridized carbons (Fsp3) is 0.385. The largest absolute Gasteiger partial charge is 0.478 e. The van der Waals surface area contributed by atoms with Crippen molar-refractivity contribution in [1.82, 2.24) is 0 Å². The molecule has 2 aliphatic rings. The molecule has 100 valence electrons. The Labute approximate surface area is 115 Å². The van der Waals surface area contributed by atoms with Gasteiger partial charge in [-0.2, -0.15) is 11.8 Å². The highest BCUT2D eigenvalue weighted by Gasteiger charge is 2.30. The lowest BCUT2D eigenvalue weighted by Gasteiger charge is -2.35. The molecule has 1 amide bonds. The Kier molecular flexibility index (Phi) is 3.10. The lowest BCUT2D eigenvalue weighted by atomic mass is 10.1. The summed E-state index contributed by atoms with van der Waals surface area (Å²) in [6, 6.07) is 5.14. The number of nitrogens with zero attached hydrogens (tertiary/aromatic N) is 1. The number of carbonyl (C=O) groups excluding carboxylic acids is 1. The molecular weight excluding hydrogens is 264 g/mol. The number of fused-ring (bicyclic) bond motifs is 3. The minimum absolute atomic E-state index is 0.0428. The zero-order chi connectivity index (χ0) is 13.4.